The lowest BCUT2D eigenvalue weighted by Crippen LogP contribution is -2.22. The highest BCUT2D eigenvalue weighted by Gasteiger charge is 2.32. The van der Waals surface area contributed by atoms with Crippen molar-refractivity contribution in [3.63, 3.8) is 0 Å². The lowest BCUT2D eigenvalue weighted by Gasteiger charge is -2.11. The van der Waals surface area contributed by atoms with E-state index in [1.54, 1.807) is 18.2 Å². The summed E-state index contributed by atoms with van der Waals surface area (Å²) in [6.45, 7) is 0. The van der Waals surface area contributed by atoms with Gasteiger partial charge in [0.1, 0.15) is 5.52 Å². The summed E-state index contributed by atoms with van der Waals surface area (Å²) in [5, 5.41) is 2.27. The highest BCUT2D eigenvalue weighted by atomic mass is 32.2. The van der Waals surface area contributed by atoms with Gasteiger partial charge in [-0.15, -0.1) is 0 Å². The van der Waals surface area contributed by atoms with E-state index in [0.29, 0.717) is 22.7 Å². The van der Waals surface area contributed by atoms with E-state index in [1.165, 1.54) is 16.3 Å². The molecule has 0 N–H and O–H groups in total. The van der Waals surface area contributed by atoms with Gasteiger partial charge in [0, 0.05) is 5.56 Å². The van der Waals surface area contributed by atoms with Crippen LogP contribution in [0.5, 0.6) is 0 Å². The van der Waals surface area contributed by atoms with Gasteiger partial charge < -0.3 is 4.42 Å². The van der Waals surface area contributed by atoms with Gasteiger partial charge in [-0.1, -0.05) is 30.3 Å². The third-order valence-corrected chi connectivity index (χ3v) is 5.38. The van der Waals surface area contributed by atoms with Crippen LogP contribution in [0.3, 0.4) is 0 Å². The summed E-state index contributed by atoms with van der Waals surface area (Å²) >= 11 is 1.20. The van der Waals surface area contributed by atoms with Crippen LogP contribution in [-0.2, 0) is 9.59 Å². The Balaban J connectivity index is 1.57. The molecule has 4 aromatic rings. The Labute approximate surface area is 152 Å². The average Bonchev–Trinajstić information content (AvgIpc) is 3.24. The first kappa shape index (κ1) is 15.2. The van der Waals surface area contributed by atoms with Crippen molar-refractivity contribution in [2.24, 2.45) is 0 Å². The number of carbonyl (C=O) groups excluding carboxylic acids is 2. The largest absolute Gasteiger partial charge is 0.436 e. The maximum Gasteiger partial charge on any atom is 0.305 e. The first-order chi connectivity index (χ1) is 12.7. The normalized spacial score (nSPS) is 14.7. The second kappa shape index (κ2) is 5.71. The summed E-state index contributed by atoms with van der Waals surface area (Å²) < 4.78 is 7.29. The van der Waals surface area contributed by atoms with Crippen molar-refractivity contribution in [3.05, 3.63) is 60.7 Å². The third kappa shape index (κ3) is 2.38. The minimum Gasteiger partial charge on any atom is -0.436 e. The molecule has 1 saturated heterocycles. The van der Waals surface area contributed by atoms with Gasteiger partial charge in [0.2, 0.25) is 11.7 Å². The summed E-state index contributed by atoms with van der Waals surface area (Å²) in [4.78, 5) is 27.9. The van der Waals surface area contributed by atoms with Gasteiger partial charge in [-0.05, 0) is 53.1 Å². The predicted molar refractivity (Wildman–Crippen MR) is 102 cm³/mol. The Hall–Kier alpha value is -3.12. The standard InChI is InChI=1S/C20H12N2O3S/c23-17-11-26-22(20(17)24)15-7-8-18-16(10-15)21-19(25-18)14-6-5-12-3-1-2-4-13(12)9-14/h1-10H,11H2. The second-order valence-electron chi connectivity index (χ2n) is 6.03. The van der Waals surface area contributed by atoms with E-state index in [2.05, 4.69) is 11.1 Å². The highest BCUT2D eigenvalue weighted by Crippen LogP contribution is 2.33. The number of anilines is 1. The van der Waals surface area contributed by atoms with Crippen molar-refractivity contribution >= 4 is 51.2 Å². The van der Waals surface area contributed by atoms with Crippen LogP contribution in [0.4, 0.5) is 5.69 Å². The van der Waals surface area contributed by atoms with Gasteiger partial charge in [0.05, 0.1) is 11.4 Å². The fourth-order valence-corrected chi connectivity index (χ4v) is 3.89. The minimum absolute atomic E-state index is 0.179. The molecule has 1 aromatic heterocycles. The first-order valence-corrected chi connectivity index (χ1v) is 9.03. The number of oxazole rings is 1. The van der Waals surface area contributed by atoms with Crippen LogP contribution >= 0.6 is 11.9 Å². The molecule has 1 aliphatic heterocycles. The zero-order valence-electron chi connectivity index (χ0n) is 13.5. The number of carbonyl (C=O) groups is 2. The van der Waals surface area contributed by atoms with Crippen LogP contribution in [0, 0.1) is 0 Å². The van der Waals surface area contributed by atoms with Crippen molar-refractivity contribution < 1.29 is 14.0 Å². The van der Waals surface area contributed by atoms with Gasteiger partial charge in [-0.3, -0.25) is 9.59 Å². The van der Waals surface area contributed by atoms with Crippen LogP contribution in [-0.4, -0.2) is 22.4 Å². The molecule has 0 unspecified atom stereocenters. The van der Waals surface area contributed by atoms with E-state index in [4.69, 9.17) is 4.42 Å². The summed E-state index contributed by atoms with van der Waals surface area (Å²) in [7, 11) is 0. The molecule has 5 nitrogen and oxygen atoms in total. The molecular formula is C20H12N2O3S. The van der Waals surface area contributed by atoms with E-state index in [0.717, 1.165) is 16.3 Å². The number of ketones is 1. The predicted octanol–water partition coefficient (Wildman–Crippen LogP) is 4.21. The van der Waals surface area contributed by atoms with Crippen LogP contribution in [0.15, 0.2) is 65.1 Å². The van der Waals surface area contributed by atoms with Crippen molar-refractivity contribution in [2.45, 2.75) is 0 Å². The molecule has 0 radical (unpaired) electrons. The van der Waals surface area contributed by atoms with Crippen LogP contribution in [0.2, 0.25) is 0 Å². The summed E-state index contributed by atoms with van der Waals surface area (Å²) in [5.74, 6) is -0.169. The molecule has 0 spiro atoms. The van der Waals surface area contributed by atoms with E-state index in [-0.39, 0.29) is 11.5 Å². The van der Waals surface area contributed by atoms with E-state index < -0.39 is 5.91 Å². The van der Waals surface area contributed by atoms with Gasteiger partial charge in [-0.25, -0.2) is 9.29 Å². The number of amides is 1. The number of benzene rings is 3. The van der Waals surface area contributed by atoms with Crippen molar-refractivity contribution in [1.82, 2.24) is 4.98 Å². The monoisotopic (exact) mass is 360 g/mol. The summed E-state index contributed by atoms with van der Waals surface area (Å²) in [6, 6.07) is 19.5. The van der Waals surface area contributed by atoms with Gasteiger partial charge >= 0.3 is 5.91 Å². The molecule has 1 amide bonds. The van der Waals surface area contributed by atoms with E-state index in [9.17, 15) is 9.59 Å². The molecule has 126 valence electrons. The highest BCUT2D eigenvalue weighted by molar-refractivity contribution is 8.03. The molecule has 0 atom stereocenters. The lowest BCUT2D eigenvalue weighted by molar-refractivity contribution is -0.133. The molecule has 1 aliphatic rings. The van der Waals surface area contributed by atoms with Crippen LogP contribution in [0.25, 0.3) is 33.3 Å². The minimum atomic E-state index is -0.493. The maximum atomic E-state index is 11.9. The number of aromatic nitrogens is 1. The zero-order chi connectivity index (χ0) is 17.7. The number of rotatable bonds is 2. The summed E-state index contributed by atoms with van der Waals surface area (Å²) in [5.41, 5.74) is 2.82. The second-order valence-corrected chi connectivity index (χ2v) is 6.94. The molecule has 6 heteroatoms. The van der Waals surface area contributed by atoms with Gasteiger partial charge in [0.25, 0.3) is 0 Å². The summed E-state index contributed by atoms with van der Waals surface area (Å²) in [6.07, 6.45) is 0. The van der Waals surface area contributed by atoms with Crippen molar-refractivity contribution in [2.75, 3.05) is 10.1 Å². The van der Waals surface area contributed by atoms with Gasteiger partial charge in [-0.2, -0.15) is 0 Å². The Kier molecular flexibility index (Phi) is 3.33. The number of hydrogen-bond donors (Lipinski definition) is 0. The molecule has 0 saturated carbocycles. The van der Waals surface area contributed by atoms with Crippen LogP contribution in [0.1, 0.15) is 0 Å². The molecule has 0 bridgehead atoms. The van der Waals surface area contributed by atoms with Crippen molar-refractivity contribution in [1.29, 1.82) is 0 Å². The van der Waals surface area contributed by atoms with E-state index in [1.807, 2.05) is 36.4 Å². The smallest absolute Gasteiger partial charge is 0.305 e. The maximum absolute atomic E-state index is 11.9. The zero-order valence-corrected chi connectivity index (χ0v) is 14.3. The Bertz CT molecular complexity index is 1200. The number of fused-ring (bicyclic) bond motifs is 2. The van der Waals surface area contributed by atoms with Gasteiger partial charge in [0.15, 0.2) is 5.58 Å². The van der Waals surface area contributed by atoms with Crippen molar-refractivity contribution in [3.8, 4) is 11.5 Å². The van der Waals surface area contributed by atoms with Crippen LogP contribution < -0.4 is 4.31 Å². The SMILES string of the molecule is O=C1CSN(c2ccc3oc(-c4ccc5ccccc5c4)nc3c2)C1=O. The quantitative estimate of drug-likeness (QED) is 0.396. The average molecular weight is 360 g/mol. The molecule has 2 heterocycles. The topological polar surface area (TPSA) is 63.4 Å². The number of hydrogen-bond acceptors (Lipinski definition) is 5. The lowest BCUT2D eigenvalue weighted by atomic mass is 10.1. The fraction of sp³-hybridized carbons (Fsp3) is 0.0500. The Morgan fingerprint density at radius 1 is 0.962 bits per heavy atom. The first-order valence-electron chi connectivity index (χ1n) is 8.09. The molecule has 5 rings (SSSR count). The molecule has 1 fully saturated rings. The number of Topliss-reactive ketones (excluding diaryl/α,β-unsaturated/α-hetero) is 1. The number of nitrogens with zero attached hydrogens (tertiary/aromatic N) is 2. The fourth-order valence-electron chi connectivity index (χ4n) is 3.04. The molecule has 3 aromatic carbocycles. The molecule has 26 heavy (non-hydrogen) atoms. The molecule has 0 aliphatic carbocycles. The Morgan fingerprint density at radius 3 is 2.62 bits per heavy atom. The van der Waals surface area contributed by atoms with E-state index >= 15 is 0 Å². The third-order valence-electron chi connectivity index (χ3n) is 4.35. The molecular weight excluding hydrogens is 348 g/mol. The Morgan fingerprint density at radius 2 is 1.81 bits per heavy atom.